The number of hydrogen-bond acceptors (Lipinski definition) is 2. The van der Waals surface area contributed by atoms with Crippen molar-refractivity contribution in [1.82, 2.24) is 10.2 Å². The molecule has 1 saturated heterocycles. The number of hydrogen-bond donors (Lipinski definition) is 1. The first-order valence-corrected chi connectivity index (χ1v) is 4.13. The third-order valence-corrected chi connectivity index (χ3v) is 2.00. The van der Waals surface area contributed by atoms with Crippen LogP contribution in [0.4, 0.5) is 0 Å². The predicted molar refractivity (Wildman–Crippen MR) is 47.6 cm³/mol. The van der Waals surface area contributed by atoms with E-state index in [4.69, 9.17) is 6.42 Å². The normalized spacial score (nSPS) is 20.6. The summed E-state index contributed by atoms with van der Waals surface area (Å²) in [5.74, 6) is 2.21. The van der Waals surface area contributed by atoms with Crippen LogP contribution in [0.2, 0.25) is 0 Å². The first-order valence-electron chi connectivity index (χ1n) is 4.13. The van der Waals surface area contributed by atoms with Crippen molar-refractivity contribution in [3.05, 3.63) is 0 Å². The van der Waals surface area contributed by atoms with E-state index in [2.05, 4.69) is 11.2 Å². The Morgan fingerprint density at radius 3 is 3.00 bits per heavy atom. The molecule has 1 fully saturated rings. The Bertz CT molecular complexity index is 267. The Kier molecular flexibility index (Phi) is 2.91. The predicted octanol–water partition coefficient (Wildman–Crippen LogP) is -0.643. The molecule has 4 nitrogen and oxygen atoms in total. The third kappa shape index (κ3) is 2.22. The molecule has 1 aliphatic rings. The molecule has 0 aliphatic carbocycles. The summed E-state index contributed by atoms with van der Waals surface area (Å²) in [6, 6.07) is -0.370. The molecule has 1 aliphatic heterocycles. The van der Waals surface area contributed by atoms with Crippen LogP contribution in [0.5, 0.6) is 0 Å². The van der Waals surface area contributed by atoms with E-state index in [9.17, 15) is 9.59 Å². The van der Waals surface area contributed by atoms with Gasteiger partial charge in [-0.15, -0.1) is 6.42 Å². The van der Waals surface area contributed by atoms with Crippen LogP contribution in [-0.2, 0) is 9.59 Å². The molecule has 1 heterocycles. The number of rotatable bonds is 2. The molecule has 0 aromatic carbocycles. The van der Waals surface area contributed by atoms with Crippen LogP contribution < -0.4 is 5.32 Å². The van der Waals surface area contributed by atoms with Crippen molar-refractivity contribution in [2.75, 3.05) is 13.6 Å². The van der Waals surface area contributed by atoms with Gasteiger partial charge in [0.25, 0.3) is 0 Å². The zero-order valence-corrected chi connectivity index (χ0v) is 7.54. The maximum Gasteiger partial charge on any atom is 0.245 e. The fourth-order valence-electron chi connectivity index (χ4n) is 1.28. The summed E-state index contributed by atoms with van der Waals surface area (Å²) in [5, 5.41) is 2.59. The second-order valence-corrected chi connectivity index (χ2v) is 3.06. The second-order valence-electron chi connectivity index (χ2n) is 3.06. The Balaban J connectivity index is 2.49. The average molecular weight is 180 g/mol. The summed E-state index contributed by atoms with van der Waals surface area (Å²) in [4.78, 5) is 23.8. The summed E-state index contributed by atoms with van der Waals surface area (Å²) < 4.78 is 0. The van der Waals surface area contributed by atoms with E-state index in [0.29, 0.717) is 12.8 Å². The van der Waals surface area contributed by atoms with Gasteiger partial charge in [-0.2, -0.15) is 0 Å². The fraction of sp³-hybridized carbons (Fsp3) is 0.556. The number of amides is 2. The minimum absolute atomic E-state index is 0.0625. The van der Waals surface area contributed by atoms with Crippen LogP contribution in [0.1, 0.15) is 12.8 Å². The van der Waals surface area contributed by atoms with Crippen LogP contribution in [0.25, 0.3) is 0 Å². The van der Waals surface area contributed by atoms with Crippen molar-refractivity contribution in [2.45, 2.75) is 18.9 Å². The van der Waals surface area contributed by atoms with Crippen molar-refractivity contribution in [3.63, 3.8) is 0 Å². The lowest BCUT2D eigenvalue weighted by atomic mass is 10.2. The zero-order valence-electron chi connectivity index (χ0n) is 7.54. The van der Waals surface area contributed by atoms with E-state index >= 15 is 0 Å². The van der Waals surface area contributed by atoms with Crippen LogP contribution in [0.15, 0.2) is 0 Å². The van der Waals surface area contributed by atoms with Gasteiger partial charge in [-0.05, 0) is 6.42 Å². The van der Waals surface area contributed by atoms with Gasteiger partial charge in [0.1, 0.15) is 6.04 Å². The van der Waals surface area contributed by atoms with E-state index in [1.165, 1.54) is 4.90 Å². The second kappa shape index (κ2) is 3.94. The molecule has 70 valence electrons. The molecular weight excluding hydrogens is 168 g/mol. The molecule has 0 unspecified atom stereocenters. The van der Waals surface area contributed by atoms with Crippen LogP contribution in [-0.4, -0.2) is 36.3 Å². The summed E-state index contributed by atoms with van der Waals surface area (Å²) in [7, 11) is 1.63. The standard InChI is InChI=1S/C9H12N2O2/c1-3-6-11(2)9(13)7-4-5-8(12)10-7/h1,7H,4-6H2,2H3,(H,10,12)/t7-/m1/s1. The van der Waals surface area contributed by atoms with E-state index in [1.54, 1.807) is 7.05 Å². The van der Waals surface area contributed by atoms with Crippen LogP contribution in [0.3, 0.4) is 0 Å². The molecule has 0 saturated carbocycles. The SMILES string of the molecule is C#CCN(C)C(=O)[C@H]1CCC(=O)N1. The molecule has 13 heavy (non-hydrogen) atoms. The van der Waals surface area contributed by atoms with Gasteiger partial charge in [0.05, 0.1) is 6.54 Å². The Morgan fingerprint density at radius 2 is 2.54 bits per heavy atom. The first kappa shape index (κ1) is 9.59. The highest BCUT2D eigenvalue weighted by molar-refractivity contribution is 5.90. The Labute approximate surface area is 77.3 Å². The van der Waals surface area contributed by atoms with Gasteiger partial charge in [-0.3, -0.25) is 9.59 Å². The Hall–Kier alpha value is -1.50. The molecule has 2 amide bonds. The molecule has 0 aromatic heterocycles. The smallest absolute Gasteiger partial charge is 0.245 e. The fourth-order valence-corrected chi connectivity index (χ4v) is 1.28. The maximum atomic E-state index is 11.5. The van der Waals surface area contributed by atoms with Crippen molar-refractivity contribution in [2.24, 2.45) is 0 Å². The number of terminal acetylenes is 1. The summed E-state index contributed by atoms with van der Waals surface area (Å²) in [6.07, 6.45) is 6.07. The summed E-state index contributed by atoms with van der Waals surface area (Å²) >= 11 is 0. The molecule has 1 rings (SSSR count). The van der Waals surface area contributed by atoms with E-state index in [1.807, 2.05) is 0 Å². The van der Waals surface area contributed by atoms with E-state index < -0.39 is 0 Å². The van der Waals surface area contributed by atoms with Gasteiger partial charge in [-0.1, -0.05) is 5.92 Å². The van der Waals surface area contributed by atoms with Crippen molar-refractivity contribution >= 4 is 11.8 Å². The molecular formula is C9H12N2O2. The van der Waals surface area contributed by atoms with Gasteiger partial charge < -0.3 is 10.2 Å². The molecule has 0 radical (unpaired) electrons. The lowest BCUT2D eigenvalue weighted by Crippen LogP contribution is -2.42. The number of nitrogens with zero attached hydrogens (tertiary/aromatic N) is 1. The lowest BCUT2D eigenvalue weighted by Gasteiger charge is -2.18. The third-order valence-electron chi connectivity index (χ3n) is 2.00. The van der Waals surface area contributed by atoms with Gasteiger partial charge in [-0.25, -0.2) is 0 Å². The minimum Gasteiger partial charge on any atom is -0.344 e. The largest absolute Gasteiger partial charge is 0.344 e. The monoisotopic (exact) mass is 180 g/mol. The number of likely N-dealkylation sites (N-methyl/N-ethyl adjacent to an activating group) is 1. The maximum absolute atomic E-state index is 11.5. The van der Waals surface area contributed by atoms with E-state index in [0.717, 1.165) is 0 Å². The van der Waals surface area contributed by atoms with Gasteiger partial charge in [0, 0.05) is 13.5 Å². The highest BCUT2D eigenvalue weighted by atomic mass is 16.2. The van der Waals surface area contributed by atoms with E-state index in [-0.39, 0.29) is 24.4 Å². The molecule has 4 heteroatoms. The highest BCUT2D eigenvalue weighted by Crippen LogP contribution is 2.08. The molecule has 0 bridgehead atoms. The zero-order chi connectivity index (χ0) is 9.84. The first-order chi connectivity index (χ1) is 6.15. The molecule has 1 atom stereocenters. The van der Waals surface area contributed by atoms with Crippen LogP contribution in [0, 0.1) is 12.3 Å². The number of nitrogens with one attached hydrogen (secondary N) is 1. The topological polar surface area (TPSA) is 49.4 Å². The van der Waals surface area contributed by atoms with Crippen molar-refractivity contribution < 1.29 is 9.59 Å². The number of carbonyl (C=O) groups is 2. The summed E-state index contributed by atoms with van der Waals surface area (Å²) in [6.45, 7) is 0.283. The lowest BCUT2D eigenvalue weighted by molar-refractivity contribution is -0.132. The molecule has 0 aromatic rings. The van der Waals surface area contributed by atoms with Gasteiger partial charge in [0.15, 0.2) is 0 Å². The molecule has 0 spiro atoms. The highest BCUT2D eigenvalue weighted by Gasteiger charge is 2.28. The summed E-state index contributed by atoms with van der Waals surface area (Å²) in [5.41, 5.74) is 0. The van der Waals surface area contributed by atoms with Crippen LogP contribution >= 0.6 is 0 Å². The molecule has 1 N–H and O–H groups in total. The minimum atomic E-state index is -0.370. The van der Waals surface area contributed by atoms with Gasteiger partial charge >= 0.3 is 0 Å². The number of carbonyl (C=O) groups excluding carboxylic acids is 2. The Morgan fingerprint density at radius 1 is 1.85 bits per heavy atom. The van der Waals surface area contributed by atoms with Crippen molar-refractivity contribution in [1.29, 1.82) is 0 Å². The quantitative estimate of drug-likeness (QED) is 0.574. The average Bonchev–Trinajstić information content (AvgIpc) is 2.51. The van der Waals surface area contributed by atoms with Gasteiger partial charge in [0.2, 0.25) is 11.8 Å². The van der Waals surface area contributed by atoms with Crippen molar-refractivity contribution in [3.8, 4) is 12.3 Å².